The van der Waals surface area contributed by atoms with Crippen LogP contribution in [0.4, 0.5) is 5.95 Å². The Balaban J connectivity index is 2.99. The zero-order chi connectivity index (χ0) is 9.84. The molecule has 72 valence electrons. The lowest BCUT2D eigenvalue weighted by atomic mass is 10.5. The van der Waals surface area contributed by atoms with Gasteiger partial charge in [-0.25, -0.2) is 9.97 Å². The monoisotopic (exact) mass is 214 g/mol. The van der Waals surface area contributed by atoms with Crippen LogP contribution in [-0.4, -0.2) is 28.0 Å². The normalized spacial score (nSPS) is 10.0. The second-order valence-corrected chi connectivity index (χ2v) is 3.10. The summed E-state index contributed by atoms with van der Waals surface area (Å²) in [6.07, 6.45) is 0. The fourth-order valence-corrected chi connectivity index (χ4v) is 1.37. The number of rotatable bonds is 3. The van der Waals surface area contributed by atoms with Crippen LogP contribution in [-0.2, 0) is 25.3 Å². The summed E-state index contributed by atoms with van der Waals surface area (Å²) < 4.78 is 0. The molecule has 0 spiro atoms. The molecule has 1 aromatic rings. The van der Waals surface area contributed by atoms with Crippen LogP contribution in [0.25, 0.3) is 0 Å². The molecule has 0 atom stereocenters. The van der Waals surface area contributed by atoms with Crippen molar-refractivity contribution in [2.75, 3.05) is 18.0 Å². The summed E-state index contributed by atoms with van der Waals surface area (Å²) in [6.45, 7) is 5.73. The highest BCUT2D eigenvalue weighted by molar-refractivity contribution is 7.59. The van der Waals surface area contributed by atoms with Crippen molar-refractivity contribution < 1.29 is 0 Å². The molecule has 1 heterocycles. The molecule has 0 unspecified atom stereocenters. The Morgan fingerprint density at radius 3 is 1.85 bits per heavy atom. The van der Waals surface area contributed by atoms with Crippen LogP contribution in [0.1, 0.15) is 13.8 Å². The van der Waals surface area contributed by atoms with Gasteiger partial charge in [0.05, 0.1) is 0 Å². The third-order valence-corrected chi connectivity index (χ3v) is 1.99. The highest BCUT2D eigenvalue weighted by Gasteiger charge is 2.02. The largest absolute Gasteiger partial charge is 0.740 e. The maximum atomic E-state index is 4.85. The lowest BCUT2D eigenvalue weighted by Crippen LogP contribution is -2.24. The van der Waals surface area contributed by atoms with Crippen LogP contribution in [0, 0.1) is 0 Å². The number of aromatic nitrogens is 3. The molecule has 0 bridgehead atoms. The summed E-state index contributed by atoms with van der Waals surface area (Å²) in [5.74, 6) is 0.579. The van der Waals surface area contributed by atoms with E-state index in [2.05, 4.69) is 15.0 Å². The molecule has 0 aliphatic heterocycles. The summed E-state index contributed by atoms with van der Waals surface area (Å²) in [5, 5.41) is 0.531. The Morgan fingerprint density at radius 2 is 1.46 bits per heavy atom. The van der Waals surface area contributed by atoms with Crippen molar-refractivity contribution in [3.63, 3.8) is 0 Å². The average Bonchev–Trinajstić information content (AvgIpc) is 2.04. The van der Waals surface area contributed by atoms with Gasteiger partial charge in [-0.1, -0.05) is 0 Å². The molecule has 0 radical (unpaired) electrons. The zero-order valence-electron chi connectivity index (χ0n) is 7.52. The van der Waals surface area contributed by atoms with Crippen molar-refractivity contribution in [2.45, 2.75) is 24.2 Å². The summed E-state index contributed by atoms with van der Waals surface area (Å²) >= 11 is 9.69. The molecule has 0 amide bonds. The molecule has 0 aliphatic carbocycles. The summed E-state index contributed by atoms with van der Waals surface area (Å²) in [7, 11) is 0. The number of anilines is 1. The SMILES string of the molecule is CCN(CC)c1nc([S-])nc([S-])n1. The Labute approximate surface area is 88.6 Å². The van der Waals surface area contributed by atoms with E-state index in [0.717, 1.165) is 13.1 Å². The molecule has 0 saturated carbocycles. The van der Waals surface area contributed by atoms with E-state index in [1.807, 2.05) is 18.7 Å². The van der Waals surface area contributed by atoms with Crippen molar-refractivity contribution in [3.8, 4) is 0 Å². The lowest BCUT2D eigenvalue weighted by Gasteiger charge is -2.21. The maximum Gasteiger partial charge on any atom is 0.225 e. The predicted octanol–water partition coefficient (Wildman–Crippen LogP) is 0.529. The molecule has 6 heteroatoms. The van der Waals surface area contributed by atoms with Crippen LogP contribution in [0.3, 0.4) is 0 Å². The smallest absolute Gasteiger partial charge is 0.225 e. The maximum absolute atomic E-state index is 4.85. The first-order valence-electron chi connectivity index (χ1n) is 4.02. The third kappa shape index (κ3) is 2.60. The minimum Gasteiger partial charge on any atom is -0.740 e. The molecule has 1 rings (SSSR count). The minimum atomic E-state index is 0.266. The molecule has 0 N–H and O–H groups in total. The highest BCUT2D eigenvalue weighted by atomic mass is 32.1. The van der Waals surface area contributed by atoms with Crippen LogP contribution in [0.2, 0.25) is 0 Å². The standard InChI is InChI=1S/C7H12N4S2/c1-3-11(4-2)5-8-6(12)10-7(13)9-5/h3-4H2,1-2H3,(H2,8,9,10,12,13)/p-2. The molecule has 0 fully saturated rings. The first-order chi connectivity index (χ1) is 6.17. The van der Waals surface area contributed by atoms with E-state index >= 15 is 0 Å². The second-order valence-electron chi connectivity index (χ2n) is 2.37. The van der Waals surface area contributed by atoms with Crippen LogP contribution in [0.5, 0.6) is 0 Å². The van der Waals surface area contributed by atoms with E-state index in [1.54, 1.807) is 0 Å². The Bertz CT molecular complexity index is 268. The topological polar surface area (TPSA) is 41.9 Å². The van der Waals surface area contributed by atoms with Crippen molar-refractivity contribution in [1.82, 2.24) is 15.0 Å². The molecule has 4 nitrogen and oxygen atoms in total. The van der Waals surface area contributed by atoms with Gasteiger partial charge in [0.25, 0.3) is 0 Å². The van der Waals surface area contributed by atoms with Gasteiger partial charge in [0.1, 0.15) is 0 Å². The van der Waals surface area contributed by atoms with E-state index in [9.17, 15) is 0 Å². The molecule has 13 heavy (non-hydrogen) atoms. The summed E-state index contributed by atoms with van der Waals surface area (Å²) in [5.41, 5.74) is 0. The second kappa shape index (κ2) is 4.48. The molecular weight excluding hydrogens is 204 g/mol. The Hall–Kier alpha value is -0.750. The lowest BCUT2D eigenvalue weighted by molar-refractivity contribution is 0.739. The zero-order valence-corrected chi connectivity index (χ0v) is 9.15. The van der Waals surface area contributed by atoms with Crippen molar-refractivity contribution in [2.24, 2.45) is 0 Å². The van der Waals surface area contributed by atoms with Gasteiger partial charge in [0.15, 0.2) is 0 Å². The molecule has 0 aliphatic rings. The van der Waals surface area contributed by atoms with Gasteiger partial charge in [-0.2, -0.15) is 0 Å². The summed E-state index contributed by atoms with van der Waals surface area (Å²) in [4.78, 5) is 13.8. The minimum absolute atomic E-state index is 0.266. The summed E-state index contributed by atoms with van der Waals surface area (Å²) in [6, 6.07) is 0. The van der Waals surface area contributed by atoms with Crippen molar-refractivity contribution in [3.05, 3.63) is 0 Å². The van der Waals surface area contributed by atoms with Crippen LogP contribution < -0.4 is 4.90 Å². The van der Waals surface area contributed by atoms with Gasteiger partial charge in [-0.15, -0.1) is 0 Å². The molecule has 0 aromatic carbocycles. The van der Waals surface area contributed by atoms with Gasteiger partial charge < -0.3 is 30.2 Å². The van der Waals surface area contributed by atoms with E-state index in [-0.39, 0.29) is 10.3 Å². The molecule has 1 aromatic heterocycles. The fourth-order valence-electron chi connectivity index (χ4n) is 0.976. The van der Waals surface area contributed by atoms with E-state index in [4.69, 9.17) is 25.3 Å². The average molecular weight is 214 g/mol. The van der Waals surface area contributed by atoms with E-state index in [0.29, 0.717) is 5.95 Å². The van der Waals surface area contributed by atoms with Crippen molar-refractivity contribution in [1.29, 1.82) is 0 Å². The molecule has 0 saturated heterocycles. The van der Waals surface area contributed by atoms with E-state index in [1.165, 1.54) is 0 Å². The van der Waals surface area contributed by atoms with Gasteiger partial charge in [-0.05, 0) is 13.8 Å². The highest BCUT2D eigenvalue weighted by Crippen LogP contribution is 2.06. The Kier molecular flexibility index (Phi) is 3.56. The third-order valence-electron chi connectivity index (χ3n) is 1.63. The van der Waals surface area contributed by atoms with Gasteiger partial charge in [-0.3, -0.25) is 4.98 Å². The first-order valence-corrected chi connectivity index (χ1v) is 4.84. The number of hydrogen-bond acceptors (Lipinski definition) is 6. The van der Waals surface area contributed by atoms with Gasteiger partial charge >= 0.3 is 0 Å². The number of hydrogen-bond donors (Lipinski definition) is 0. The van der Waals surface area contributed by atoms with Crippen molar-refractivity contribution >= 4 is 31.2 Å². The number of nitrogens with zero attached hydrogens (tertiary/aromatic N) is 4. The first kappa shape index (κ1) is 10.3. The van der Waals surface area contributed by atoms with Crippen LogP contribution >= 0.6 is 0 Å². The van der Waals surface area contributed by atoms with E-state index < -0.39 is 0 Å². The quantitative estimate of drug-likeness (QED) is 0.684. The van der Waals surface area contributed by atoms with Gasteiger partial charge in [0, 0.05) is 23.4 Å². The van der Waals surface area contributed by atoms with Crippen LogP contribution in [0.15, 0.2) is 10.3 Å². The Morgan fingerprint density at radius 1 is 1.00 bits per heavy atom. The van der Waals surface area contributed by atoms with Gasteiger partial charge in [0.2, 0.25) is 5.95 Å². The predicted molar refractivity (Wildman–Crippen MR) is 54.7 cm³/mol. The molecular formula is C7H10N4S2-2. The fraction of sp³-hybridized carbons (Fsp3) is 0.571.